The molecule has 0 bridgehead atoms. The van der Waals surface area contributed by atoms with Gasteiger partial charge in [0.2, 0.25) is 15.9 Å². The fraction of sp³-hybridized carbons (Fsp3) is 0.409. The molecule has 0 aromatic heterocycles. The molecule has 0 radical (unpaired) electrons. The molecule has 8 heteroatoms. The molecule has 164 valence electrons. The van der Waals surface area contributed by atoms with Gasteiger partial charge >= 0.3 is 0 Å². The minimum atomic E-state index is -3.65. The first kappa shape index (κ1) is 24.0. The van der Waals surface area contributed by atoms with Gasteiger partial charge in [0, 0.05) is 5.02 Å². The van der Waals surface area contributed by atoms with Crippen molar-refractivity contribution in [1.29, 1.82) is 0 Å². The number of benzene rings is 2. The van der Waals surface area contributed by atoms with Crippen LogP contribution >= 0.6 is 11.6 Å². The average molecular weight is 453 g/mol. The molecule has 1 amide bonds. The normalized spacial score (nSPS) is 12.5. The number of rotatable bonds is 8. The van der Waals surface area contributed by atoms with E-state index in [-0.39, 0.29) is 18.5 Å². The molecular weight excluding hydrogens is 424 g/mol. The Morgan fingerprint density at radius 2 is 1.73 bits per heavy atom. The summed E-state index contributed by atoms with van der Waals surface area (Å²) in [5.41, 5.74) is 3.39. The topological polar surface area (TPSA) is 75.7 Å². The van der Waals surface area contributed by atoms with Gasteiger partial charge in [-0.15, -0.1) is 0 Å². The largest absolute Gasteiger partial charge is 0.496 e. The van der Waals surface area contributed by atoms with Crippen molar-refractivity contribution in [3.63, 3.8) is 0 Å². The number of halogens is 1. The third-order valence-electron chi connectivity index (χ3n) is 4.89. The van der Waals surface area contributed by atoms with Crippen LogP contribution in [0.2, 0.25) is 5.02 Å². The van der Waals surface area contributed by atoms with Crippen LogP contribution in [0.1, 0.15) is 49.4 Å². The van der Waals surface area contributed by atoms with E-state index in [0.29, 0.717) is 10.7 Å². The van der Waals surface area contributed by atoms with Crippen molar-refractivity contribution >= 4 is 33.2 Å². The predicted octanol–water partition coefficient (Wildman–Crippen LogP) is 4.42. The van der Waals surface area contributed by atoms with Gasteiger partial charge in [0.1, 0.15) is 12.3 Å². The Morgan fingerprint density at radius 3 is 2.23 bits per heavy atom. The molecule has 2 rings (SSSR count). The quantitative estimate of drug-likeness (QED) is 0.643. The number of carbonyl (C=O) groups is 1. The van der Waals surface area contributed by atoms with Crippen LogP contribution in [0.3, 0.4) is 0 Å². The van der Waals surface area contributed by atoms with Crippen molar-refractivity contribution in [3.05, 3.63) is 58.1 Å². The summed E-state index contributed by atoms with van der Waals surface area (Å²) < 4.78 is 31.0. The molecule has 0 aliphatic carbocycles. The van der Waals surface area contributed by atoms with Crippen molar-refractivity contribution in [3.8, 4) is 5.75 Å². The number of nitrogens with one attached hydrogen (secondary N) is 1. The van der Waals surface area contributed by atoms with Gasteiger partial charge in [-0.25, -0.2) is 8.42 Å². The summed E-state index contributed by atoms with van der Waals surface area (Å²) in [5, 5.41) is 3.40. The highest BCUT2D eigenvalue weighted by Gasteiger charge is 2.23. The first-order valence-corrected chi connectivity index (χ1v) is 11.9. The van der Waals surface area contributed by atoms with E-state index in [0.717, 1.165) is 33.0 Å². The summed E-state index contributed by atoms with van der Waals surface area (Å²) >= 11 is 5.89. The summed E-state index contributed by atoms with van der Waals surface area (Å²) in [6, 6.07) is 10.0. The number of methoxy groups -OCH3 is 1. The molecular formula is C22H29ClN2O4S. The van der Waals surface area contributed by atoms with Crippen LogP contribution < -0.4 is 14.4 Å². The van der Waals surface area contributed by atoms with Crippen molar-refractivity contribution in [2.75, 3.05) is 24.2 Å². The van der Waals surface area contributed by atoms with Gasteiger partial charge in [0.05, 0.1) is 25.1 Å². The Hall–Kier alpha value is -2.25. The molecule has 0 aliphatic rings. The zero-order chi connectivity index (χ0) is 22.6. The monoisotopic (exact) mass is 452 g/mol. The number of carbonyl (C=O) groups excluding carboxylic acids is 1. The molecule has 0 spiro atoms. The Bertz CT molecular complexity index is 1000. The van der Waals surface area contributed by atoms with Crippen LogP contribution in [-0.4, -0.2) is 34.2 Å². The molecule has 6 nitrogen and oxygen atoms in total. The Labute approximate surface area is 184 Å². The van der Waals surface area contributed by atoms with Gasteiger partial charge in [-0.2, -0.15) is 0 Å². The van der Waals surface area contributed by atoms with Crippen LogP contribution in [0.5, 0.6) is 5.75 Å². The summed E-state index contributed by atoms with van der Waals surface area (Å²) in [4.78, 5) is 12.7. The molecule has 1 N–H and O–H groups in total. The third kappa shape index (κ3) is 5.89. The summed E-state index contributed by atoms with van der Waals surface area (Å²) in [7, 11) is -2.01. The van der Waals surface area contributed by atoms with Gasteiger partial charge in [0.15, 0.2) is 0 Å². The molecule has 30 heavy (non-hydrogen) atoms. The highest BCUT2D eigenvalue weighted by molar-refractivity contribution is 7.92. The fourth-order valence-corrected chi connectivity index (χ4v) is 4.30. The highest BCUT2D eigenvalue weighted by atomic mass is 35.5. The zero-order valence-corrected chi connectivity index (χ0v) is 19.8. The summed E-state index contributed by atoms with van der Waals surface area (Å²) in [6.07, 6.45) is 1.07. The molecule has 0 unspecified atom stereocenters. The number of sulfonamides is 1. The Kier molecular flexibility index (Phi) is 7.77. The SMILES string of the molecule is COc1cc(C)c([C@@H](C)NC(=O)CN(c2ccc(Cl)cc2)S(C)(=O)=O)cc1C(C)C. The molecule has 0 heterocycles. The predicted molar refractivity (Wildman–Crippen MR) is 122 cm³/mol. The van der Waals surface area contributed by atoms with E-state index in [1.807, 2.05) is 26.0 Å². The lowest BCUT2D eigenvalue weighted by Gasteiger charge is -2.24. The van der Waals surface area contributed by atoms with Crippen LogP contribution in [0.4, 0.5) is 5.69 Å². The second-order valence-electron chi connectivity index (χ2n) is 7.64. The van der Waals surface area contributed by atoms with Crippen molar-refractivity contribution in [1.82, 2.24) is 5.32 Å². The first-order valence-electron chi connectivity index (χ1n) is 9.65. The maximum atomic E-state index is 12.7. The van der Waals surface area contributed by atoms with E-state index in [4.69, 9.17) is 16.3 Å². The number of aryl methyl sites for hydroxylation is 1. The van der Waals surface area contributed by atoms with Crippen molar-refractivity contribution in [2.24, 2.45) is 0 Å². The van der Waals surface area contributed by atoms with E-state index in [2.05, 4.69) is 19.2 Å². The number of hydrogen-bond acceptors (Lipinski definition) is 4. The van der Waals surface area contributed by atoms with E-state index in [1.54, 1.807) is 31.4 Å². The van der Waals surface area contributed by atoms with Gasteiger partial charge in [0.25, 0.3) is 0 Å². The van der Waals surface area contributed by atoms with Crippen LogP contribution in [0.25, 0.3) is 0 Å². The number of hydrogen-bond donors (Lipinski definition) is 1. The fourth-order valence-electron chi connectivity index (χ4n) is 3.31. The van der Waals surface area contributed by atoms with Crippen molar-refractivity contribution in [2.45, 2.75) is 39.7 Å². The third-order valence-corrected chi connectivity index (χ3v) is 6.28. The Balaban J connectivity index is 2.24. The van der Waals surface area contributed by atoms with E-state index in [9.17, 15) is 13.2 Å². The lowest BCUT2D eigenvalue weighted by atomic mass is 9.93. The minimum absolute atomic E-state index is 0.257. The van der Waals surface area contributed by atoms with Gasteiger partial charge < -0.3 is 10.1 Å². The highest BCUT2D eigenvalue weighted by Crippen LogP contribution is 2.32. The smallest absolute Gasteiger partial charge is 0.241 e. The molecule has 2 aromatic carbocycles. The molecule has 0 aliphatic heterocycles. The molecule has 2 aromatic rings. The van der Waals surface area contributed by atoms with Crippen LogP contribution in [-0.2, 0) is 14.8 Å². The van der Waals surface area contributed by atoms with E-state index in [1.165, 1.54) is 0 Å². The molecule has 0 saturated carbocycles. The second kappa shape index (κ2) is 9.71. The Morgan fingerprint density at radius 1 is 1.13 bits per heavy atom. The zero-order valence-electron chi connectivity index (χ0n) is 18.2. The second-order valence-corrected chi connectivity index (χ2v) is 9.98. The first-order chi connectivity index (χ1) is 13.9. The van der Waals surface area contributed by atoms with E-state index < -0.39 is 15.9 Å². The van der Waals surface area contributed by atoms with Gasteiger partial charge in [-0.3, -0.25) is 9.10 Å². The van der Waals surface area contributed by atoms with Crippen molar-refractivity contribution < 1.29 is 17.9 Å². The van der Waals surface area contributed by atoms with Crippen LogP contribution in [0.15, 0.2) is 36.4 Å². The standard InChI is InChI=1S/C22H29ClN2O4S/c1-14(2)19-12-20(15(3)11-21(19)29-5)16(4)24-22(26)13-25(30(6,27)28)18-9-7-17(23)8-10-18/h7-12,14,16H,13H2,1-6H3,(H,24,26)/t16-/m1/s1. The average Bonchev–Trinajstić information content (AvgIpc) is 2.65. The van der Waals surface area contributed by atoms with Crippen LogP contribution in [0, 0.1) is 6.92 Å². The lowest BCUT2D eigenvalue weighted by Crippen LogP contribution is -2.41. The summed E-state index contributed by atoms with van der Waals surface area (Å²) in [5.74, 6) is 0.674. The maximum absolute atomic E-state index is 12.7. The number of amides is 1. The molecule has 0 fully saturated rings. The maximum Gasteiger partial charge on any atom is 0.241 e. The summed E-state index contributed by atoms with van der Waals surface area (Å²) in [6.45, 7) is 7.68. The minimum Gasteiger partial charge on any atom is -0.496 e. The number of anilines is 1. The number of ether oxygens (including phenoxy) is 1. The van der Waals surface area contributed by atoms with E-state index >= 15 is 0 Å². The van der Waals surface area contributed by atoms with Gasteiger partial charge in [-0.05, 0) is 72.9 Å². The molecule has 1 atom stereocenters. The molecule has 0 saturated heterocycles. The van der Waals surface area contributed by atoms with Gasteiger partial charge in [-0.1, -0.05) is 25.4 Å². The number of nitrogens with zero attached hydrogens (tertiary/aromatic N) is 1. The lowest BCUT2D eigenvalue weighted by molar-refractivity contribution is -0.120.